The van der Waals surface area contributed by atoms with Crippen molar-refractivity contribution in [2.24, 2.45) is 0 Å². The fourth-order valence-electron chi connectivity index (χ4n) is 2.07. The molecule has 23 heavy (non-hydrogen) atoms. The summed E-state index contributed by atoms with van der Waals surface area (Å²) in [4.78, 5) is 11.2. The lowest BCUT2D eigenvalue weighted by atomic mass is 10.0. The van der Waals surface area contributed by atoms with Crippen LogP contribution in [0.3, 0.4) is 0 Å². The van der Waals surface area contributed by atoms with Gasteiger partial charge in [-0.1, -0.05) is 41.4 Å². The summed E-state index contributed by atoms with van der Waals surface area (Å²) >= 11 is 12.1. The first-order chi connectivity index (χ1) is 11.1. The molecule has 5 heteroatoms. The van der Waals surface area contributed by atoms with Crippen LogP contribution >= 0.6 is 23.2 Å². The van der Waals surface area contributed by atoms with Gasteiger partial charge >= 0.3 is 5.97 Å². The van der Waals surface area contributed by atoms with E-state index in [4.69, 9.17) is 32.7 Å². The molecule has 0 saturated carbocycles. The standard InChI is InChI=1S/C18H18Cl2O3/c1-2-22-18(21)9-10-23-16-7-3-13(4-8-16)11-14-5-6-15(19)12-17(14)20/h3-8,12H,2,9-11H2,1H3. The average molecular weight is 353 g/mol. The van der Waals surface area contributed by atoms with E-state index in [9.17, 15) is 4.79 Å². The van der Waals surface area contributed by atoms with Crippen LogP contribution in [0.5, 0.6) is 5.75 Å². The molecule has 0 spiro atoms. The second kappa shape index (κ2) is 8.80. The maximum Gasteiger partial charge on any atom is 0.309 e. The first-order valence-electron chi connectivity index (χ1n) is 7.39. The van der Waals surface area contributed by atoms with Gasteiger partial charge in [0.2, 0.25) is 0 Å². The SMILES string of the molecule is CCOC(=O)CCOc1ccc(Cc2ccc(Cl)cc2Cl)cc1. The van der Waals surface area contributed by atoms with Crippen LogP contribution in [-0.4, -0.2) is 19.2 Å². The number of hydrogen-bond donors (Lipinski definition) is 0. The highest BCUT2D eigenvalue weighted by atomic mass is 35.5. The minimum Gasteiger partial charge on any atom is -0.493 e. The molecular weight excluding hydrogens is 335 g/mol. The summed E-state index contributed by atoms with van der Waals surface area (Å²) in [6, 6.07) is 13.2. The topological polar surface area (TPSA) is 35.5 Å². The number of carbonyl (C=O) groups excluding carboxylic acids is 1. The summed E-state index contributed by atoms with van der Waals surface area (Å²) in [6.45, 7) is 2.48. The van der Waals surface area contributed by atoms with Crippen molar-refractivity contribution in [3.63, 3.8) is 0 Å². The Morgan fingerprint density at radius 3 is 2.48 bits per heavy atom. The molecule has 0 atom stereocenters. The lowest BCUT2D eigenvalue weighted by molar-refractivity contribution is -0.143. The smallest absolute Gasteiger partial charge is 0.309 e. The van der Waals surface area contributed by atoms with Crippen LogP contribution in [0.1, 0.15) is 24.5 Å². The van der Waals surface area contributed by atoms with Gasteiger partial charge in [-0.25, -0.2) is 0 Å². The number of esters is 1. The molecule has 0 aliphatic rings. The third-order valence-corrected chi connectivity index (χ3v) is 3.80. The molecule has 2 aromatic carbocycles. The van der Waals surface area contributed by atoms with Crippen LogP contribution in [0, 0.1) is 0 Å². The quantitative estimate of drug-likeness (QED) is 0.663. The molecule has 0 amide bonds. The molecule has 3 nitrogen and oxygen atoms in total. The molecule has 0 N–H and O–H groups in total. The molecule has 0 saturated heterocycles. The molecule has 0 aromatic heterocycles. The average Bonchev–Trinajstić information content (AvgIpc) is 2.52. The van der Waals surface area contributed by atoms with Gasteiger partial charge in [0, 0.05) is 10.0 Å². The Bertz CT molecular complexity index is 654. The molecule has 2 aromatic rings. The van der Waals surface area contributed by atoms with Crippen molar-refractivity contribution in [3.05, 3.63) is 63.6 Å². The molecule has 2 rings (SSSR count). The highest BCUT2D eigenvalue weighted by Gasteiger charge is 2.05. The Labute approximate surface area is 146 Å². The van der Waals surface area contributed by atoms with E-state index in [-0.39, 0.29) is 12.4 Å². The Morgan fingerprint density at radius 1 is 1.09 bits per heavy atom. The van der Waals surface area contributed by atoms with Crippen LogP contribution in [0.2, 0.25) is 10.0 Å². The Morgan fingerprint density at radius 2 is 1.83 bits per heavy atom. The minimum atomic E-state index is -0.249. The van der Waals surface area contributed by atoms with Gasteiger partial charge < -0.3 is 9.47 Å². The van der Waals surface area contributed by atoms with Gasteiger partial charge in [-0.05, 0) is 48.7 Å². The first-order valence-corrected chi connectivity index (χ1v) is 8.15. The van der Waals surface area contributed by atoms with Crippen LogP contribution in [0.4, 0.5) is 0 Å². The predicted octanol–water partition coefficient (Wildman–Crippen LogP) is 4.92. The predicted molar refractivity (Wildman–Crippen MR) is 92.5 cm³/mol. The second-order valence-corrected chi connectivity index (χ2v) is 5.80. The molecule has 0 bridgehead atoms. The maximum absolute atomic E-state index is 11.2. The van der Waals surface area contributed by atoms with E-state index in [1.807, 2.05) is 36.4 Å². The number of benzene rings is 2. The molecule has 0 fully saturated rings. The van der Waals surface area contributed by atoms with Crippen molar-refractivity contribution in [1.29, 1.82) is 0 Å². The van der Waals surface area contributed by atoms with Gasteiger partial charge in [-0.15, -0.1) is 0 Å². The number of ether oxygens (including phenoxy) is 2. The van der Waals surface area contributed by atoms with Crippen LogP contribution < -0.4 is 4.74 Å². The minimum absolute atomic E-state index is 0.246. The first kappa shape index (κ1) is 17.6. The maximum atomic E-state index is 11.2. The van der Waals surface area contributed by atoms with E-state index in [0.717, 1.165) is 23.3 Å². The molecule has 0 radical (unpaired) electrons. The van der Waals surface area contributed by atoms with E-state index in [1.165, 1.54) is 0 Å². The zero-order chi connectivity index (χ0) is 16.7. The lowest BCUT2D eigenvalue weighted by Crippen LogP contribution is -2.09. The van der Waals surface area contributed by atoms with Crippen molar-refractivity contribution in [2.75, 3.05) is 13.2 Å². The van der Waals surface area contributed by atoms with E-state index >= 15 is 0 Å². The number of rotatable bonds is 7. The molecule has 0 unspecified atom stereocenters. The van der Waals surface area contributed by atoms with E-state index in [2.05, 4.69) is 0 Å². The van der Waals surface area contributed by atoms with Crippen molar-refractivity contribution in [3.8, 4) is 5.75 Å². The Hall–Kier alpha value is -1.71. The largest absolute Gasteiger partial charge is 0.493 e. The van der Waals surface area contributed by atoms with Crippen molar-refractivity contribution in [2.45, 2.75) is 19.8 Å². The number of carbonyl (C=O) groups is 1. The highest BCUT2D eigenvalue weighted by Crippen LogP contribution is 2.24. The van der Waals surface area contributed by atoms with E-state index in [0.29, 0.717) is 23.3 Å². The van der Waals surface area contributed by atoms with Crippen molar-refractivity contribution in [1.82, 2.24) is 0 Å². The third kappa shape index (κ3) is 5.77. The number of hydrogen-bond acceptors (Lipinski definition) is 3. The summed E-state index contributed by atoms with van der Waals surface area (Å²) < 4.78 is 10.4. The van der Waals surface area contributed by atoms with Gasteiger partial charge in [0.25, 0.3) is 0 Å². The third-order valence-electron chi connectivity index (χ3n) is 3.21. The molecule has 0 aliphatic carbocycles. The van der Waals surface area contributed by atoms with Gasteiger partial charge in [-0.3, -0.25) is 4.79 Å². The van der Waals surface area contributed by atoms with Crippen molar-refractivity contribution < 1.29 is 14.3 Å². The molecular formula is C18H18Cl2O3. The molecule has 0 heterocycles. The van der Waals surface area contributed by atoms with Gasteiger partial charge in [-0.2, -0.15) is 0 Å². The van der Waals surface area contributed by atoms with Gasteiger partial charge in [0.1, 0.15) is 5.75 Å². The zero-order valence-corrected chi connectivity index (χ0v) is 14.4. The summed E-state index contributed by atoms with van der Waals surface area (Å²) in [5, 5.41) is 1.29. The Kier molecular flexibility index (Phi) is 6.75. The second-order valence-electron chi connectivity index (χ2n) is 4.96. The monoisotopic (exact) mass is 352 g/mol. The van der Waals surface area contributed by atoms with Gasteiger partial charge in [0.15, 0.2) is 0 Å². The summed E-state index contributed by atoms with van der Waals surface area (Å²) in [6.07, 6.45) is 0.967. The van der Waals surface area contributed by atoms with E-state index < -0.39 is 0 Å². The lowest BCUT2D eigenvalue weighted by Gasteiger charge is -2.08. The summed E-state index contributed by atoms with van der Waals surface area (Å²) in [5.41, 5.74) is 2.14. The zero-order valence-electron chi connectivity index (χ0n) is 12.9. The molecule has 122 valence electrons. The Balaban J connectivity index is 1.88. The number of halogens is 2. The van der Waals surface area contributed by atoms with Crippen LogP contribution in [0.25, 0.3) is 0 Å². The van der Waals surface area contributed by atoms with Crippen molar-refractivity contribution >= 4 is 29.2 Å². The summed E-state index contributed by atoms with van der Waals surface area (Å²) in [7, 11) is 0. The fourth-order valence-corrected chi connectivity index (χ4v) is 2.55. The normalized spacial score (nSPS) is 10.4. The van der Waals surface area contributed by atoms with Gasteiger partial charge in [0.05, 0.1) is 19.6 Å². The van der Waals surface area contributed by atoms with Crippen LogP contribution in [0.15, 0.2) is 42.5 Å². The fraction of sp³-hybridized carbons (Fsp3) is 0.278. The van der Waals surface area contributed by atoms with E-state index in [1.54, 1.807) is 13.0 Å². The summed E-state index contributed by atoms with van der Waals surface area (Å²) in [5.74, 6) is 0.474. The van der Waals surface area contributed by atoms with Crippen LogP contribution in [-0.2, 0) is 16.0 Å². The molecule has 0 aliphatic heterocycles. The highest BCUT2D eigenvalue weighted by molar-refractivity contribution is 6.35.